The number of rotatable bonds is 4. The van der Waals surface area contributed by atoms with Gasteiger partial charge < -0.3 is 20.0 Å². The zero-order chi connectivity index (χ0) is 20.4. The van der Waals surface area contributed by atoms with E-state index >= 15 is 0 Å². The minimum Gasteiger partial charge on any atom is -0.459 e. The number of hydrogen-bond donors (Lipinski definition) is 3. The first-order valence-electron chi connectivity index (χ1n) is 10.0. The van der Waals surface area contributed by atoms with Gasteiger partial charge in [0.25, 0.3) is 0 Å². The molecule has 3 N–H and O–H groups in total. The van der Waals surface area contributed by atoms with Crippen molar-refractivity contribution >= 4 is 16.9 Å². The number of carbonyl (C=O) groups is 1. The third-order valence-electron chi connectivity index (χ3n) is 5.72. The molecule has 1 aromatic heterocycles. The molecule has 0 aliphatic carbocycles. The van der Waals surface area contributed by atoms with E-state index in [2.05, 4.69) is 29.0 Å². The lowest BCUT2D eigenvalue weighted by Crippen LogP contribution is -2.55. The molecule has 1 atom stereocenters. The van der Waals surface area contributed by atoms with Crippen LogP contribution in [0.4, 0.5) is 0 Å². The lowest BCUT2D eigenvalue weighted by molar-refractivity contribution is -0.125. The third kappa shape index (κ3) is 3.99. The molecule has 1 fully saturated rings. The molecule has 0 saturated carbocycles. The number of dihydropyridines is 1. The van der Waals surface area contributed by atoms with Crippen LogP contribution in [0, 0.1) is 6.92 Å². The van der Waals surface area contributed by atoms with Crippen molar-refractivity contribution in [1.29, 1.82) is 0 Å². The summed E-state index contributed by atoms with van der Waals surface area (Å²) in [6, 6.07) is 7.95. The number of likely N-dealkylation sites (N-methyl/N-ethyl adjacent to an activating group) is 1. The number of para-hydroxylation sites is 1. The Bertz CT molecular complexity index is 1020. The van der Waals surface area contributed by atoms with Crippen molar-refractivity contribution in [3.05, 3.63) is 71.2 Å². The van der Waals surface area contributed by atoms with Crippen LogP contribution in [-0.4, -0.2) is 43.2 Å². The SMILES string of the molecule is Cc1c(CN(C)C(=O)/C=C/C2=CNC3(C)NCCNCC3=C2)oc2ccccc12. The molecule has 6 nitrogen and oxygen atoms in total. The molecule has 2 aliphatic heterocycles. The van der Waals surface area contributed by atoms with Crippen LogP contribution in [0.3, 0.4) is 0 Å². The molecule has 0 radical (unpaired) electrons. The monoisotopic (exact) mass is 392 g/mol. The van der Waals surface area contributed by atoms with Gasteiger partial charge in [0.2, 0.25) is 5.91 Å². The number of allylic oxidation sites excluding steroid dienone is 3. The van der Waals surface area contributed by atoms with Crippen LogP contribution >= 0.6 is 0 Å². The van der Waals surface area contributed by atoms with E-state index in [1.165, 1.54) is 5.57 Å². The normalized spacial score (nSPS) is 21.9. The lowest BCUT2D eigenvalue weighted by atomic mass is 9.95. The molecular formula is C23H28N4O2. The zero-order valence-electron chi connectivity index (χ0n) is 17.2. The maximum Gasteiger partial charge on any atom is 0.246 e. The molecular weight excluding hydrogens is 364 g/mol. The predicted octanol–water partition coefficient (Wildman–Crippen LogP) is 2.58. The molecule has 2 aliphatic rings. The number of aryl methyl sites for hydroxylation is 1. The van der Waals surface area contributed by atoms with E-state index in [1.54, 1.807) is 18.0 Å². The van der Waals surface area contributed by atoms with Crippen LogP contribution in [0.1, 0.15) is 18.2 Å². The third-order valence-corrected chi connectivity index (χ3v) is 5.72. The number of nitrogens with one attached hydrogen (secondary N) is 3. The first-order valence-corrected chi connectivity index (χ1v) is 10.0. The molecule has 4 rings (SSSR count). The molecule has 6 heteroatoms. The summed E-state index contributed by atoms with van der Waals surface area (Å²) in [6.07, 6.45) is 7.56. The van der Waals surface area contributed by atoms with Crippen molar-refractivity contribution in [2.24, 2.45) is 0 Å². The maximum atomic E-state index is 12.6. The quantitative estimate of drug-likeness (QED) is 0.698. The zero-order valence-corrected chi connectivity index (χ0v) is 17.2. The summed E-state index contributed by atoms with van der Waals surface area (Å²) in [5, 5.41) is 11.4. The molecule has 2 aromatic rings. The number of furan rings is 1. The molecule has 152 valence electrons. The van der Waals surface area contributed by atoms with Gasteiger partial charge in [-0.15, -0.1) is 0 Å². The van der Waals surface area contributed by atoms with Gasteiger partial charge >= 0.3 is 0 Å². The van der Waals surface area contributed by atoms with Crippen molar-refractivity contribution in [2.45, 2.75) is 26.1 Å². The summed E-state index contributed by atoms with van der Waals surface area (Å²) in [5.41, 5.74) is 3.91. The second-order valence-corrected chi connectivity index (χ2v) is 7.86. The van der Waals surface area contributed by atoms with Crippen molar-refractivity contribution in [1.82, 2.24) is 20.9 Å². The first kappa shape index (κ1) is 19.5. The Morgan fingerprint density at radius 2 is 2.14 bits per heavy atom. The van der Waals surface area contributed by atoms with Gasteiger partial charge in [0.1, 0.15) is 17.0 Å². The summed E-state index contributed by atoms with van der Waals surface area (Å²) in [5.74, 6) is 0.761. The van der Waals surface area contributed by atoms with E-state index in [0.717, 1.165) is 47.5 Å². The highest BCUT2D eigenvalue weighted by molar-refractivity contribution is 5.88. The van der Waals surface area contributed by atoms with E-state index < -0.39 is 0 Å². The van der Waals surface area contributed by atoms with Crippen LogP contribution < -0.4 is 16.0 Å². The molecule has 29 heavy (non-hydrogen) atoms. The molecule has 3 heterocycles. The van der Waals surface area contributed by atoms with Crippen LogP contribution in [0.5, 0.6) is 0 Å². The Morgan fingerprint density at radius 3 is 2.97 bits per heavy atom. The van der Waals surface area contributed by atoms with Crippen molar-refractivity contribution in [2.75, 3.05) is 26.7 Å². The standard InChI is InChI=1S/C23H28N4O2/c1-16-19-6-4-5-7-20(19)29-21(16)15-27(3)22(28)9-8-17-12-18-14-24-10-11-25-23(18,2)26-13-17/h4-9,12-13,24-26H,10-11,14-15H2,1-3H3/b9-8+. The Labute approximate surface area is 171 Å². The highest BCUT2D eigenvalue weighted by Crippen LogP contribution is 2.26. The number of nitrogens with zero attached hydrogens (tertiary/aromatic N) is 1. The highest BCUT2D eigenvalue weighted by atomic mass is 16.3. The second-order valence-electron chi connectivity index (χ2n) is 7.86. The van der Waals surface area contributed by atoms with Crippen LogP contribution in [0.25, 0.3) is 11.0 Å². The molecule has 0 spiro atoms. The fourth-order valence-electron chi connectivity index (χ4n) is 3.78. The van der Waals surface area contributed by atoms with Gasteiger partial charge in [0.15, 0.2) is 0 Å². The van der Waals surface area contributed by atoms with Gasteiger partial charge in [-0.1, -0.05) is 18.2 Å². The highest BCUT2D eigenvalue weighted by Gasteiger charge is 2.30. The van der Waals surface area contributed by atoms with Crippen LogP contribution in [-0.2, 0) is 11.3 Å². The van der Waals surface area contributed by atoms with Crippen molar-refractivity contribution in [3.8, 4) is 0 Å². The van der Waals surface area contributed by atoms with Gasteiger partial charge in [0, 0.05) is 49.9 Å². The van der Waals surface area contributed by atoms with E-state index in [1.807, 2.05) is 43.5 Å². The van der Waals surface area contributed by atoms with Crippen LogP contribution in [0.2, 0.25) is 0 Å². The van der Waals surface area contributed by atoms with Crippen LogP contribution in [0.15, 0.2) is 64.3 Å². The van der Waals surface area contributed by atoms with Crippen molar-refractivity contribution in [3.63, 3.8) is 0 Å². The van der Waals surface area contributed by atoms with E-state index in [9.17, 15) is 4.79 Å². The molecule has 1 saturated heterocycles. The first-order chi connectivity index (χ1) is 14.0. The summed E-state index contributed by atoms with van der Waals surface area (Å²) < 4.78 is 5.93. The van der Waals surface area contributed by atoms with Gasteiger partial charge in [-0.05, 0) is 43.2 Å². The molecule has 1 unspecified atom stereocenters. The largest absolute Gasteiger partial charge is 0.459 e. The number of carbonyl (C=O) groups excluding carboxylic acids is 1. The molecule has 0 bridgehead atoms. The Hall–Kier alpha value is -2.83. The van der Waals surface area contributed by atoms with Crippen molar-refractivity contribution < 1.29 is 9.21 Å². The number of fused-ring (bicyclic) bond motifs is 2. The smallest absolute Gasteiger partial charge is 0.246 e. The Balaban J connectivity index is 1.43. The lowest BCUT2D eigenvalue weighted by Gasteiger charge is -2.35. The molecule has 1 aromatic carbocycles. The fraction of sp³-hybridized carbons (Fsp3) is 0.348. The average Bonchev–Trinajstić information content (AvgIpc) is 2.90. The minimum atomic E-state index is -0.236. The van der Waals surface area contributed by atoms with E-state index in [-0.39, 0.29) is 11.6 Å². The Morgan fingerprint density at radius 1 is 1.31 bits per heavy atom. The summed E-state index contributed by atoms with van der Waals surface area (Å²) in [4.78, 5) is 14.3. The van der Waals surface area contributed by atoms with Gasteiger partial charge in [0.05, 0.1) is 6.54 Å². The molecule has 1 amide bonds. The summed E-state index contributed by atoms with van der Waals surface area (Å²) in [7, 11) is 1.79. The van der Waals surface area contributed by atoms with E-state index in [0.29, 0.717) is 6.54 Å². The summed E-state index contributed by atoms with van der Waals surface area (Å²) in [6.45, 7) is 7.27. The number of benzene rings is 1. The summed E-state index contributed by atoms with van der Waals surface area (Å²) >= 11 is 0. The predicted molar refractivity (Wildman–Crippen MR) is 115 cm³/mol. The van der Waals surface area contributed by atoms with Gasteiger partial charge in [-0.25, -0.2) is 0 Å². The Kier molecular flexibility index (Phi) is 5.30. The minimum absolute atomic E-state index is 0.0605. The topological polar surface area (TPSA) is 69.5 Å². The fourth-order valence-corrected chi connectivity index (χ4v) is 3.78. The number of hydrogen-bond acceptors (Lipinski definition) is 5. The van der Waals surface area contributed by atoms with Gasteiger partial charge in [-0.3, -0.25) is 10.1 Å². The average molecular weight is 393 g/mol. The maximum absolute atomic E-state index is 12.6. The second kappa shape index (κ2) is 7.89. The van der Waals surface area contributed by atoms with E-state index in [4.69, 9.17) is 4.42 Å². The number of amides is 1. The van der Waals surface area contributed by atoms with Gasteiger partial charge in [-0.2, -0.15) is 0 Å².